The normalized spacial score (nSPS) is 14.0. The molecule has 0 aromatic heterocycles. The van der Waals surface area contributed by atoms with Gasteiger partial charge in [0.25, 0.3) is 0 Å². The lowest BCUT2D eigenvalue weighted by Gasteiger charge is -2.30. The highest BCUT2D eigenvalue weighted by atomic mass is 32.2. The molecule has 2 aromatic carbocycles. The van der Waals surface area contributed by atoms with Crippen LogP contribution >= 0.6 is 0 Å². The number of hydrogen-bond donors (Lipinski definition) is 1. The molecular weight excluding hydrogens is 362 g/mol. The lowest BCUT2D eigenvalue weighted by Crippen LogP contribution is -2.38. The van der Waals surface area contributed by atoms with E-state index >= 15 is 0 Å². The van der Waals surface area contributed by atoms with Crippen LogP contribution in [-0.4, -0.2) is 44.8 Å². The fourth-order valence-electron chi connectivity index (χ4n) is 2.82. The van der Waals surface area contributed by atoms with Gasteiger partial charge in [-0.1, -0.05) is 42.5 Å². The van der Waals surface area contributed by atoms with Gasteiger partial charge in [0.05, 0.1) is 17.5 Å². The summed E-state index contributed by atoms with van der Waals surface area (Å²) in [6, 6.07) is 16.2. The Kier molecular flexibility index (Phi) is 6.75. The molecule has 146 valence electrons. The average molecular weight is 390 g/mol. The summed E-state index contributed by atoms with van der Waals surface area (Å²) in [6.07, 6.45) is 0. The summed E-state index contributed by atoms with van der Waals surface area (Å²) in [5.41, 5.74) is 2.00. The smallest absolute Gasteiger partial charge is 0.238 e. The van der Waals surface area contributed by atoms with Crippen LogP contribution in [0.25, 0.3) is 0 Å². The number of likely N-dealkylation sites (N-methyl/N-ethyl adjacent to an activating group) is 2. The number of amides is 1. The number of benzene rings is 2. The van der Waals surface area contributed by atoms with Gasteiger partial charge in [-0.05, 0) is 44.2 Å². The van der Waals surface area contributed by atoms with Gasteiger partial charge in [-0.2, -0.15) is 0 Å². The zero-order chi connectivity index (χ0) is 20.2. The summed E-state index contributed by atoms with van der Waals surface area (Å²) in [7, 11) is -0.0289. The summed E-state index contributed by atoms with van der Waals surface area (Å²) in [4.78, 5) is 16.4. The van der Waals surface area contributed by atoms with Crippen LogP contribution in [0.15, 0.2) is 59.5 Å². The van der Waals surface area contributed by atoms with E-state index in [1.54, 1.807) is 24.1 Å². The third kappa shape index (κ3) is 5.38. The number of nitrogens with zero attached hydrogens (tertiary/aromatic N) is 2. The van der Waals surface area contributed by atoms with Gasteiger partial charge < -0.3 is 4.90 Å². The SMILES string of the molecule is CC(c1ccc(S(N)(=O)=O)cc1)N(C)CC(=O)N(C)C(C)c1ccccc1. The largest absolute Gasteiger partial charge is 0.338 e. The van der Waals surface area contributed by atoms with E-state index in [2.05, 4.69) is 0 Å². The second-order valence-electron chi connectivity index (χ2n) is 6.80. The number of primary sulfonamides is 1. The van der Waals surface area contributed by atoms with E-state index in [0.29, 0.717) is 0 Å². The van der Waals surface area contributed by atoms with Crippen LogP contribution in [0.3, 0.4) is 0 Å². The Morgan fingerprint density at radius 2 is 1.44 bits per heavy atom. The van der Waals surface area contributed by atoms with Crippen molar-refractivity contribution in [2.24, 2.45) is 5.14 Å². The molecule has 0 heterocycles. The van der Waals surface area contributed by atoms with Gasteiger partial charge in [-0.3, -0.25) is 9.69 Å². The molecule has 7 heteroatoms. The molecule has 2 N–H and O–H groups in total. The fourth-order valence-corrected chi connectivity index (χ4v) is 3.34. The Hall–Kier alpha value is -2.22. The average Bonchev–Trinajstić information content (AvgIpc) is 2.66. The van der Waals surface area contributed by atoms with Crippen molar-refractivity contribution < 1.29 is 13.2 Å². The van der Waals surface area contributed by atoms with E-state index in [9.17, 15) is 13.2 Å². The van der Waals surface area contributed by atoms with Crippen LogP contribution in [0.2, 0.25) is 0 Å². The topological polar surface area (TPSA) is 83.7 Å². The van der Waals surface area contributed by atoms with Crippen LogP contribution in [0, 0.1) is 0 Å². The van der Waals surface area contributed by atoms with Crippen molar-refractivity contribution in [2.75, 3.05) is 20.6 Å². The summed E-state index contributed by atoms with van der Waals surface area (Å²) >= 11 is 0. The van der Waals surface area contributed by atoms with Gasteiger partial charge in [-0.25, -0.2) is 13.6 Å². The number of carbonyl (C=O) groups is 1. The minimum absolute atomic E-state index is 0.0156. The van der Waals surface area contributed by atoms with Crippen molar-refractivity contribution in [3.05, 3.63) is 65.7 Å². The first-order valence-corrected chi connectivity index (χ1v) is 10.3. The number of nitrogens with two attached hydrogens (primary N) is 1. The van der Waals surface area contributed by atoms with Gasteiger partial charge in [0.15, 0.2) is 0 Å². The molecule has 0 fully saturated rings. The second-order valence-corrected chi connectivity index (χ2v) is 8.36. The van der Waals surface area contributed by atoms with Gasteiger partial charge in [0, 0.05) is 13.1 Å². The minimum atomic E-state index is -3.71. The number of hydrogen-bond acceptors (Lipinski definition) is 4. The predicted octanol–water partition coefficient (Wildman–Crippen LogP) is 2.55. The Bertz CT molecular complexity index is 867. The predicted molar refractivity (Wildman–Crippen MR) is 106 cm³/mol. The van der Waals surface area contributed by atoms with E-state index < -0.39 is 10.0 Å². The van der Waals surface area contributed by atoms with E-state index in [1.807, 2.05) is 56.1 Å². The maximum Gasteiger partial charge on any atom is 0.238 e. The third-order valence-electron chi connectivity index (χ3n) is 4.99. The number of rotatable bonds is 7. The molecule has 2 unspecified atom stereocenters. The molecular formula is C20H27N3O3S. The Balaban J connectivity index is 2.02. The fraction of sp³-hybridized carbons (Fsp3) is 0.350. The summed E-state index contributed by atoms with van der Waals surface area (Å²) in [6.45, 7) is 4.23. The van der Waals surface area contributed by atoms with Crippen LogP contribution in [-0.2, 0) is 14.8 Å². The van der Waals surface area contributed by atoms with Crippen LogP contribution in [0.5, 0.6) is 0 Å². The summed E-state index contributed by atoms with van der Waals surface area (Å²) in [5.74, 6) is 0.0156. The van der Waals surface area contributed by atoms with Gasteiger partial charge in [0.1, 0.15) is 0 Å². The summed E-state index contributed by atoms with van der Waals surface area (Å²) < 4.78 is 22.7. The zero-order valence-corrected chi connectivity index (χ0v) is 17.0. The molecule has 27 heavy (non-hydrogen) atoms. The molecule has 0 bridgehead atoms. The van der Waals surface area contributed by atoms with E-state index in [1.165, 1.54) is 12.1 Å². The Morgan fingerprint density at radius 1 is 0.926 bits per heavy atom. The lowest BCUT2D eigenvalue weighted by atomic mass is 10.1. The molecule has 0 saturated carbocycles. The molecule has 6 nitrogen and oxygen atoms in total. The number of sulfonamides is 1. The molecule has 2 aromatic rings. The van der Waals surface area contributed by atoms with E-state index in [4.69, 9.17) is 5.14 Å². The maximum atomic E-state index is 12.7. The molecule has 0 aliphatic carbocycles. The standard InChI is InChI=1S/C20H27N3O3S/c1-15(18-10-12-19(13-11-18)27(21,25)26)22(3)14-20(24)23(4)16(2)17-8-6-5-7-9-17/h5-13,15-16H,14H2,1-4H3,(H2,21,25,26). The maximum absolute atomic E-state index is 12.7. The van der Waals surface area contributed by atoms with Gasteiger partial charge in [0.2, 0.25) is 15.9 Å². The second kappa shape index (κ2) is 8.65. The zero-order valence-electron chi connectivity index (χ0n) is 16.2. The Labute approximate surface area is 161 Å². The molecule has 0 saturated heterocycles. The van der Waals surface area contributed by atoms with Gasteiger partial charge in [-0.15, -0.1) is 0 Å². The van der Waals surface area contributed by atoms with Crippen LogP contribution in [0.4, 0.5) is 0 Å². The highest BCUT2D eigenvalue weighted by Gasteiger charge is 2.21. The van der Waals surface area contributed by atoms with Crippen molar-refractivity contribution in [2.45, 2.75) is 30.8 Å². The minimum Gasteiger partial charge on any atom is -0.338 e. The highest BCUT2D eigenvalue weighted by molar-refractivity contribution is 7.89. The lowest BCUT2D eigenvalue weighted by molar-refractivity contribution is -0.133. The first kappa shape index (κ1) is 21.1. The highest BCUT2D eigenvalue weighted by Crippen LogP contribution is 2.22. The summed E-state index contributed by atoms with van der Waals surface area (Å²) in [5, 5.41) is 5.13. The van der Waals surface area contributed by atoms with Gasteiger partial charge >= 0.3 is 0 Å². The Morgan fingerprint density at radius 3 is 1.96 bits per heavy atom. The molecule has 0 aliphatic heterocycles. The monoisotopic (exact) mass is 389 g/mol. The first-order chi connectivity index (χ1) is 12.6. The molecule has 2 rings (SSSR count). The molecule has 0 spiro atoms. The molecule has 1 amide bonds. The van der Waals surface area contributed by atoms with E-state index in [-0.39, 0.29) is 29.4 Å². The number of carbonyl (C=O) groups excluding carboxylic acids is 1. The molecule has 0 radical (unpaired) electrons. The van der Waals surface area contributed by atoms with Crippen molar-refractivity contribution in [3.63, 3.8) is 0 Å². The molecule has 0 aliphatic rings. The van der Waals surface area contributed by atoms with Crippen LogP contribution < -0.4 is 5.14 Å². The third-order valence-corrected chi connectivity index (χ3v) is 5.92. The molecule has 2 atom stereocenters. The van der Waals surface area contributed by atoms with Crippen molar-refractivity contribution >= 4 is 15.9 Å². The quantitative estimate of drug-likeness (QED) is 0.789. The first-order valence-electron chi connectivity index (χ1n) is 8.75. The van der Waals surface area contributed by atoms with Crippen molar-refractivity contribution in [1.29, 1.82) is 0 Å². The van der Waals surface area contributed by atoms with Crippen molar-refractivity contribution in [1.82, 2.24) is 9.80 Å². The van der Waals surface area contributed by atoms with Crippen molar-refractivity contribution in [3.8, 4) is 0 Å². The van der Waals surface area contributed by atoms with Crippen LogP contribution in [0.1, 0.15) is 37.1 Å². The van der Waals surface area contributed by atoms with E-state index in [0.717, 1.165) is 11.1 Å².